The summed E-state index contributed by atoms with van der Waals surface area (Å²) < 4.78 is 27.2. The molecule has 1 aromatic heterocycles. The first-order chi connectivity index (χ1) is 13.4. The molecule has 3 rings (SSSR count). The molecule has 0 aliphatic heterocycles. The van der Waals surface area contributed by atoms with E-state index in [0.29, 0.717) is 18.7 Å². The van der Waals surface area contributed by atoms with Crippen LogP contribution in [0.15, 0.2) is 71.9 Å². The molecule has 0 radical (unpaired) electrons. The fourth-order valence-electron chi connectivity index (χ4n) is 2.72. The number of sulfonamides is 1. The van der Waals surface area contributed by atoms with Crippen molar-refractivity contribution in [2.24, 2.45) is 0 Å². The van der Waals surface area contributed by atoms with Crippen LogP contribution in [0.4, 0.5) is 0 Å². The Labute approximate surface area is 164 Å². The van der Waals surface area contributed by atoms with Gasteiger partial charge in [0.05, 0.1) is 11.4 Å². The smallest absolute Gasteiger partial charge is 0.251 e. The first kappa shape index (κ1) is 19.8. The van der Waals surface area contributed by atoms with E-state index in [1.54, 1.807) is 6.20 Å². The van der Waals surface area contributed by atoms with Crippen molar-refractivity contribution < 1.29 is 13.2 Å². The lowest BCUT2D eigenvalue weighted by Crippen LogP contribution is -2.24. The van der Waals surface area contributed by atoms with Gasteiger partial charge in [0.1, 0.15) is 0 Å². The highest BCUT2D eigenvalue weighted by atomic mass is 32.2. The van der Waals surface area contributed by atoms with E-state index >= 15 is 0 Å². The van der Waals surface area contributed by atoms with Crippen molar-refractivity contribution in [1.82, 2.24) is 19.4 Å². The summed E-state index contributed by atoms with van der Waals surface area (Å²) in [5.74, 6) is -0.261. The largest absolute Gasteiger partial charge is 0.348 e. The van der Waals surface area contributed by atoms with Crippen LogP contribution in [-0.2, 0) is 23.1 Å². The third-order valence-electron chi connectivity index (χ3n) is 4.34. The molecule has 0 saturated carbocycles. The molecule has 8 heteroatoms. The molecule has 1 heterocycles. The number of hydrogen-bond acceptors (Lipinski definition) is 4. The Bertz CT molecular complexity index is 1040. The van der Waals surface area contributed by atoms with E-state index in [1.807, 2.05) is 41.2 Å². The number of benzene rings is 2. The Kier molecular flexibility index (Phi) is 5.91. The van der Waals surface area contributed by atoms with E-state index < -0.39 is 10.0 Å². The van der Waals surface area contributed by atoms with Crippen LogP contribution in [0, 0.1) is 0 Å². The number of carbonyl (C=O) groups excluding carboxylic acids is 1. The molecule has 7 nitrogen and oxygen atoms in total. The van der Waals surface area contributed by atoms with Gasteiger partial charge < -0.3 is 5.32 Å². The van der Waals surface area contributed by atoms with Crippen molar-refractivity contribution in [3.05, 3.63) is 83.7 Å². The normalized spacial score (nSPS) is 11.5. The van der Waals surface area contributed by atoms with Crippen LogP contribution in [0.25, 0.3) is 0 Å². The lowest BCUT2D eigenvalue weighted by molar-refractivity contribution is 0.0950. The molecule has 0 aliphatic rings. The number of nitrogens with one attached hydrogen (secondary N) is 1. The van der Waals surface area contributed by atoms with Gasteiger partial charge in [-0.3, -0.25) is 9.48 Å². The second-order valence-electron chi connectivity index (χ2n) is 6.47. The number of aromatic nitrogens is 2. The summed E-state index contributed by atoms with van der Waals surface area (Å²) in [6, 6.07) is 15.6. The molecule has 28 heavy (non-hydrogen) atoms. The van der Waals surface area contributed by atoms with Crippen molar-refractivity contribution in [3.8, 4) is 0 Å². The van der Waals surface area contributed by atoms with Gasteiger partial charge in [0.15, 0.2) is 0 Å². The lowest BCUT2D eigenvalue weighted by Gasteiger charge is -2.12. The average Bonchev–Trinajstić information content (AvgIpc) is 3.20. The molecule has 3 aromatic rings. The third-order valence-corrected chi connectivity index (χ3v) is 6.17. The van der Waals surface area contributed by atoms with E-state index in [4.69, 9.17) is 0 Å². The molecule has 0 aliphatic carbocycles. The van der Waals surface area contributed by atoms with Gasteiger partial charge in [0.25, 0.3) is 5.91 Å². The van der Waals surface area contributed by atoms with Crippen molar-refractivity contribution in [3.63, 3.8) is 0 Å². The Hall–Kier alpha value is -2.97. The zero-order valence-electron chi connectivity index (χ0n) is 15.7. The monoisotopic (exact) mass is 398 g/mol. The van der Waals surface area contributed by atoms with E-state index in [9.17, 15) is 13.2 Å². The van der Waals surface area contributed by atoms with Gasteiger partial charge in [-0.25, -0.2) is 12.7 Å². The molecule has 146 valence electrons. The summed E-state index contributed by atoms with van der Waals surface area (Å²) >= 11 is 0. The molecular formula is C20H22N4O3S. The van der Waals surface area contributed by atoms with Crippen LogP contribution in [0.5, 0.6) is 0 Å². The van der Waals surface area contributed by atoms with E-state index in [0.717, 1.165) is 15.4 Å². The molecule has 0 unspecified atom stereocenters. The first-order valence-corrected chi connectivity index (χ1v) is 10.2. The van der Waals surface area contributed by atoms with Crippen molar-refractivity contribution >= 4 is 15.9 Å². The minimum absolute atomic E-state index is 0.151. The second kappa shape index (κ2) is 8.37. The minimum atomic E-state index is -3.51. The fraction of sp³-hybridized carbons (Fsp3) is 0.200. The molecule has 0 spiro atoms. The summed E-state index contributed by atoms with van der Waals surface area (Å²) in [5.41, 5.74) is 2.47. The first-order valence-electron chi connectivity index (χ1n) is 8.73. The number of carbonyl (C=O) groups is 1. The predicted molar refractivity (Wildman–Crippen MR) is 106 cm³/mol. The third kappa shape index (κ3) is 4.47. The number of amides is 1. The molecular weight excluding hydrogens is 376 g/mol. The molecule has 0 atom stereocenters. The van der Waals surface area contributed by atoms with Gasteiger partial charge in [0.2, 0.25) is 10.0 Å². The second-order valence-corrected chi connectivity index (χ2v) is 8.62. The van der Waals surface area contributed by atoms with Gasteiger partial charge in [-0.05, 0) is 41.5 Å². The van der Waals surface area contributed by atoms with Crippen LogP contribution in [-0.4, -0.2) is 42.5 Å². The molecule has 0 saturated heterocycles. The molecule has 2 aromatic carbocycles. The van der Waals surface area contributed by atoms with E-state index in [1.165, 1.54) is 38.4 Å². The maximum absolute atomic E-state index is 12.5. The zero-order valence-corrected chi connectivity index (χ0v) is 16.6. The minimum Gasteiger partial charge on any atom is -0.348 e. The van der Waals surface area contributed by atoms with Gasteiger partial charge >= 0.3 is 0 Å². The highest BCUT2D eigenvalue weighted by Crippen LogP contribution is 2.15. The molecule has 0 bridgehead atoms. The number of rotatable bonds is 7. The summed E-state index contributed by atoms with van der Waals surface area (Å²) in [6.07, 6.45) is 3.61. The summed E-state index contributed by atoms with van der Waals surface area (Å²) in [6.45, 7) is 0.990. The van der Waals surface area contributed by atoms with Crippen LogP contribution in [0.2, 0.25) is 0 Å². The molecule has 1 amide bonds. The zero-order chi connectivity index (χ0) is 20.1. The van der Waals surface area contributed by atoms with E-state index in [2.05, 4.69) is 10.4 Å². The standard InChI is InChI=1S/C20H22N4O3S/c1-23(2)28(26,27)19-10-8-16(9-11-19)20(25)21-14-17-6-3-4-7-18(17)15-24-13-5-12-22-24/h3-13H,14-15H2,1-2H3,(H,21,25). The predicted octanol–water partition coefficient (Wildman–Crippen LogP) is 2.11. The fourth-order valence-corrected chi connectivity index (χ4v) is 3.62. The highest BCUT2D eigenvalue weighted by molar-refractivity contribution is 7.89. The van der Waals surface area contributed by atoms with Gasteiger partial charge in [-0.2, -0.15) is 5.10 Å². The Morgan fingerprint density at radius 1 is 1.04 bits per heavy atom. The van der Waals surface area contributed by atoms with E-state index in [-0.39, 0.29) is 10.8 Å². The highest BCUT2D eigenvalue weighted by Gasteiger charge is 2.17. The summed E-state index contributed by atoms with van der Waals surface area (Å²) in [4.78, 5) is 12.6. The quantitative estimate of drug-likeness (QED) is 0.661. The van der Waals surface area contributed by atoms with Gasteiger partial charge in [0, 0.05) is 38.6 Å². The van der Waals surface area contributed by atoms with Crippen molar-refractivity contribution in [2.45, 2.75) is 18.0 Å². The van der Waals surface area contributed by atoms with Gasteiger partial charge in [-0.15, -0.1) is 0 Å². The summed E-state index contributed by atoms with van der Waals surface area (Å²) in [5, 5.41) is 7.10. The average molecular weight is 398 g/mol. The van der Waals surface area contributed by atoms with Crippen LogP contribution in [0.1, 0.15) is 21.5 Å². The van der Waals surface area contributed by atoms with Crippen LogP contribution in [0.3, 0.4) is 0 Å². The Morgan fingerprint density at radius 3 is 2.32 bits per heavy atom. The lowest BCUT2D eigenvalue weighted by atomic mass is 10.1. The summed E-state index contributed by atoms with van der Waals surface area (Å²) in [7, 11) is -0.574. The SMILES string of the molecule is CN(C)S(=O)(=O)c1ccc(C(=O)NCc2ccccc2Cn2cccn2)cc1. The Morgan fingerprint density at radius 2 is 1.71 bits per heavy atom. The van der Waals surface area contributed by atoms with Crippen LogP contribution < -0.4 is 5.32 Å². The number of nitrogens with zero attached hydrogens (tertiary/aromatic N) is 3. The maximum atomic E-state index is 12.5. The number of hydrogen-bond donors (Lipinski definition) is 1. The topological polar surface area (TPSA) is 84.3 Å². The van der Waals surface area contributed by atoms with Crippen LogP contribution >= 0.6 is 0 Å². The maximum Gasteiger partial charge on any atom is 0.251 e. The molecule has 0 fully saturated rings. The van der Waals surface area contributed by atoms with Gasteiger partial charge in [-0.1, -0.05) is 24.3 Å². The molecule has 1 N–H and O–H groups in total. The Balaban J connectivity index is 1.68. The van der Waals surface area contributed by atoms with Crippen molar-refractivity contribution in [2.75, 3.05) is 14.1 Å². The van der Waals surface area contributed by atoms with Crippen molar-refractivity contribution in [1.29, 1.82) is 0 Å².